The van der Waals surface area contributed by atoms with Gasteiger partial charge in [0.2, 0.25) is 0 Å². The van der Waals surface area contributed by atoms with Crippen molar-refractivity contribution in [3.05, 3.63) is 78.1 Å². The monoisotopic (exact) mass is 320 g/mol. The number of rotatable bonds is 3. The van der Waals surface area contributed by atoms with E-state index in [0.29, 0.717) is 0 Å². The molecule has 0 aromatic heterocycles. The molecule has 4 rings (SSSR count). The van der Waals surface area contributed by atoms with Crippen molar-refractivity contribution in [2.24, 2.45) is 0 Å². The van der Waals surface area contributed by atoms with E-state index in [1.165, 1.54) is 22.5 Å². The van der Waals surface area contributed by atoms with E-state index in [-0.39, 0.29) is 5.82 Å². The number of hydrogen-bond acceptors (Lipinski definition) is 2. The molecule has 24 heavy (non-hydrogen) atoms. The normalized spacial score (nSPS) is 15.8. The van der Waals surface area contributed by atoms with Gasteiger partial charge in [-0.2, -0.15) is 0 Å². The van der Waals surface area contributed by atoms with E-state index < -0.39 is 0 Å². The zero-order valence-electron chi connectivity index (χ0n) is 13.7. The van der Waals surface area contributed by atoms with Gasteiger partial charge in [-0.15, -0.1) is 0 Å². The number of piperazine rings is 1. The Kier molecular flexibility index (Phi) is 4.18. The second-order valence-electron chi connectivity index (χ2n) is 6.42. The summed E-state index contributed by atoms with van der Waals surface area (Å²) in [4.78, 5) is 4.83. The highest BCUT2D eigenvalue weighted by Gasteiger charge is 2.17. The molecule has 0 aliphatic carbocycles. The van der Waals surface area contributed by atoms with Crippen LogP contribution in [-0.4, -0.2) is 31.1 Å². The lowest BCUT2D eigenvalue weighted by Gasteiger charge is -2.36. The molecule has 1 aliphatic rings. The quantitative estimate of drug-likeness (QED) is 0.710. The van der Waals surface area contributed by atoms with E-state index in [9.17, 15) is 4.39 Å². The van der Waals surface area contributed by atoms with Crippen LogP contribution in [0.5, 0.6) is 0 Å². The summed E-state index contributed by atoms with van der Waals surface area (Å²) in [6.45, 7) is 4.84. The molecule has 1 fully saturated rings. The van der Waals surface area contributed by atoms with Crippen LogP contribution in [-0.2, 0) is 6.54 Å². The Hall–Kier alpha value is -2.39. The van der Waals surface area contributed by atoms with Crippen molar-refractivity contribution in [2.75, 3.05) is 31.1 Å². The Bertz CT molecular complexity index is 838. The van der Waals surface area contributed by atoms with E-state index >= 15 is 0 Å². The Morgan fingerprint density at radius 2 is 1.54 bits per heavy atom. The van der Waals surface area contributed by atoms with Gasteiger partial charge in [-0.3, -0.25) is 4.90 Å². The van der Waals surface area contributed by atoms with E-state index in [0.717, 1.165) is 38.3 Å². The molecule has 3 aromatic rings. The predicted octanol–water partition coefficient (Wildman–Crippen LogP) is 4.30. The number of benzene rings is 3. The van der Waals surface area contributed by atoms with Crippen LogP contribution >= 0.6 is 0 Å². The minimum atomic E-state index is -0.151. The van der Waals surface area contributed by atoms with E-state index in [4.69, 9.17) is 0 Å². The van der Waals surface area contributed by atoms with Crippen molar-refractivity contribution in [2.45, 2.75) is 6.54 Å². The van der Waals surface area contributed by atoms with Crippen molar-refractivity contribution >= 4 is 16.5 Å². The molecule has 0 spiro atoms. The minimum Gasteiger partial charge on any atom is -0.369 e. The predicted molar refractivity (Wildman–Crippen MR) is 97.8 cm³/mol. The molecular formula is C21H21FN2. The molecule has 3 aromatic carbocycles. The summed E-state index contributed by atoms with van der Waals surface area (Å²) in [6, 6.07) is 22.1. The van der Waals surface area contributed by atoms with Crippen molar-refractivity contribution in [3.63, 3.8) is 0 Å². The third kappa shape index (κ3) is 3.26. The summed E-state index contributed by atoms with van der Waals surface area (Å²) in [5, 5.41) is 2.57. The molecule has 0 radical (unpaired) electrons. The maximum atomic E-state index is 13.3. The van der Waals surface area contributed by atoms with Gasteiger partial charge in [0, 0.05) is 38.4 Å². The fraction of sp³-hybridized carbons (Fsp3) is 0.238. The summed E-state index contributed by atoms with van der Waals surface area (Å²) in [5.74, 6) is -0.151. The highest BCUT2D eigenvalue weighted by Crippen LogP contribution is 2.23. The van der Waals surface area contributed by atoms with Gasteiger partial charge >= 0.3 is 0 Å². The average Bonchev–Trinajstić information content (AvgIpc) is 2.62. The van der Waals surface area contributed by atoms with Crippen LogP contribution in [0, 0.1) is 5.82 Å². The molecule has 1 aliphatic heterocycles. The number of nitrogens with zero attached hydrogens (tertiary/aromatic N) is 2. The molecule has 3 heteroatoms. The van der Waals surface area contributed by atoms with Crippen LogP contribution < -0.4 is 4.90 Å². The van der Waals surface area contributed by atoms with Gasteiger partial charge in [0.1, 0.15) is 5.82 Å². The Labute approximate surface area is 142 Å². The Morgan fingerprint density at radius 1 is 0.750 bits per heavy atom. The number of fused-ring (bicyclic) bond motifs is 1. The Balaban J connectivity index is 1.41. The molecule has 0 atom stereocenters. The van der Waals surface area contributed by atoms with E-state index in [1.807, 2.05) is 6.07 Å². The van der Waals surface area contributed by atoms with Crippen molar-refractivity contribution in [3.8, 4) is 0 Å². The van der Waals surface area contributed by atoms with Gasteiger partial charge < -0.3 is 4.90 Å². The summed E-state index contributed by atoms with van der Waals surface area (Å²) in [5.41, 5.74) is 2.34. The molecule has 2 nitrogen and oxygen atoms in total. The lowest BCUT2D eigenvalue weighted by molar-refractivity contribution is 0.249. The summed E-state index contributed by atoms with van der Waals surface area (Å²) in [6.07, 6.45) is 0. The van der Waals surface area contributed by atoms with Crippen LogP contribution in [0.4, 0.5) is 10.1 Å². The zero-order valence-corrected chi connectivity index (χ0v) is 13.7. The highest BCUT2D eigenvalue weighted by atomic mass is 19.1. The third-order valence-electron chi connectivity index (χ3n) is 4.77. The first-order valence-electron chi connectivity index (χ1n) is 8.48. The van der Waals surface area contributed by atoms with Gasteiger partial charge in [0.25, 0.3) is 0 Å². The standard InChI is InChI=1S/C21H21FN2/c22-20-7-3-4-17(14-20)16-23-10-12-24(13-11-23)21-9-8-18-5-1-2-6-19(18)15-21/h1-9,14-15H,10-13,16H2. The van der Waals surface area contributed by atoms with Crippen molar-refractivity contribution in [1.29, 1.82) is 0 Å². The van der Waals surface area contributed by atoms with Crippen LogP contribution in [0.1, 0.15) is 5.56 Å². The van der Waals surface area contributed by atoms with Gasteiger partial charge in [-0.1, -0.05) is 42.5 Å². The lowest BCUT2D eigenvalue weighted by Crippen LogP contribution is -2.45. The molecule has 122 valence electrons. The lowest BCUT2D eigenvalue weighted by atomic mass is 10.1. The van der Waals surface area contributed by atoms with Gasteiger partial charge in [-0.05, 0) is 40.6 Å². The molecule has 0 amide bonds. The second kappa shape index (κ2) is 6.62. The summed E-state index contributed by atoms with van der Waals surface area (Å²) >= 11 is 0. The Morgan fingerprint density at radius 3 is 2.33 bits per heavy atom. The fourth-order valence-electron chi connectivity index (χ4n) is 3.43. The second-order valence-corrected chi connectivity index (χ2v) is 6.42. The van der Waals surface area contributed by atoms with Gasteiger partial charge in [0.05, 0.1) is 0 Å². The summed E-state index contributed by atoms with van der Waals surface area (Å²) < 4.78 is 13.3. The molecule has 0 N–H and O–H groups in total. The van der Waals surface area contributed by atoms with Gasteiger partial charge in [-0.25, -0.2) is 4.39 Å². The van der Waals surface area contributed by atoms with Crippen LogP contribution in [0.2, 0.25) is 0 Å². The molecule has 0 saturated carbocycles. The minimum absolute atomic E-state index is 0.151. The third-order valence-corrected chi connectivity index (χ3v) is 4.77. The van der Waals surface area contributed by atoms with Crippen molar-refractivity contribution < 1.29 is 4.39 Å². The number of hydrogen-bond donors (Lipinski definition) is 0. The van der Waals surface area contributed by atoms with E-state index in [1.54, 1.807) is 12.1 Å². The number of halogens is 1. The number of anilines is 1. The fourth-order valence-corrected chi connectivity index (χ4v) is 3.43. The topological polar surface area (TPSA) is 6.48 Å². The van der Waals surface area contributed by atoms with Crippen molar-refractivity contribution in [1.82, 2.24) is 4.90 Å². The van der Waals surface area contributed by atoms with Crippen LogP contribution in [0.25, 0.3) is 10.8 Å². The van der Waals surface area contributed by atoms with Gasteiger partial charge in [0.15, 0.2) is 0 Å². The smallest absolute Gasteiger partial charge is 0.123 e. The zero-order chi connectivity index (χ0) is 16.4. The average molecular weight is 320 g/mol. The van der Waals surface area contributed by atoms with Crippen LogP contribution in [0.3, 0.4) is 0 Å². The molecular weight excluding hydrogens is 299 g/mol. The molecule has 0 unspecified atom stereocenters. The molecule has 1 saturated heterocycles. The maximum Gasteiger partial charge on any atom is 0.123 e. The highest BCUT2D eigenvalue weighted by molar-refractivity contribution is 5.85. The van der Waals surface area contributed by atoms with Crippen LogP contribution in [0.15, 0.2) is 66.7 Å². The largest absolute Gasteiger partial charge is 0.369 e. The maximum absolute atomic E-state index is 13.3. The first-order chi connectivity index (χ1) is 11.8. The first kappa shape index (κ1) is 15.2. The summed E-state index contributed by atoms with van der Waals surface area (Å²) in [7, 11) is 0. The van der Waals surface area contributed by atoms with E-state index in [2.05, 4.69) is 52.3 Å². The molecule has 0 bridgehead atoms. The SMILES string of the molecule is Fc1cccc(CN2CCN(c3ccc4ccccc4c3)CC2)c1. The molecule has 1 heterocycles. The first-order valence-corrected chi connectivity index (χ1v) is 8.48.